The van der Waals surface area contributed by atoms with Crippen LogP contribution >= 0.6 is 24.0 Å². The first-order valence-corrected chi connectivity index (χ1v) is 9.82. The van der Waals surface area contributed by atoms with Gasteiger partial charge >= 0.3 is 0 Å². The molecule has 0 radical (unpaired) electrons. The van der Waals surface area contributed by atoms with E-state index in [9.17, 15) is 0 Å². The Labute approximate surface area is 182 Å². The lowest BCUT2D eigenvalue weighted by molar-refractivity contribution is 0.206. The number of rotatable bonds is 7. The second-order valence-electron chi connectivity index (χ2n) is 7.80. The van der Waals surface area contributed by atoms with E-state index in [2.05, 4.69) is 53.4 Å². The minimum atomic E-state index is 0. The van der Waals surface area contributed by atoms with Crippen LogP contribution in [0.25, 0.3) is 0 Å². The number of methoxy groups -OCH3 is 1. The summed E-state index contributed by atoms with van der Waals surface area (Å²) in [6, 6.07) is 8.83. The highest BCUT2D eigenvalue weighted by atomic mass is 127. The number of benzene rings is 1. The Morgan fingerprint density at radius 1 is 1.22 bits per heavy atom. The third kappa shape index (κ3) is 7.49. The van der Waals surface area contributed by atoms with Crippen molar-refractivity contribution in [2.75, 3.05) is 40.3 Å². The van der Waals surface area contributed by atoms with Crippen LogP contribution in [-0.2, 0) is 5.41 Å². The average molecular weight is 488 g/mol. The molecule has 1 aliphatic heterocycles. The summed E-state index contributed by atoms with van der Waals surface area (Å²) >= 11 is 0. The first-order valence-electron chi connectivity index (χ1n) is 9.82. The van der Waals surface area contributed by atoms with Crippen molar-refractivity contribution in [2.45, 2.75) is 51.5 Å². The van der Waals surface area contributed by atoms with Crippen LogP contribution in [0, 0.1) is 0 Å². The topological polar surface area (TPSA) is 48.9 Å². The zero-order valence-corrected chi connectivity index (χ0v) is 19.9. The van der Waals surface area contributed by atoms with Crippen molar-refractivity contribution in [1.29, 1.82) is 0 Å². The van der Waals surface area contributed by atoms with E-state index in [1.165, 1.54) is 44.5 Å². The predicted molar refractivity (Wildman–Crippen MR) is 126 cm³/mol. The Bertz CT molecular complexity index is 566. The summed E-state index contributed by atoms with van der Waals surface area (Å²) in [5.41, 5.74) is 1.29. The van der Waals surface area contributed by atoms with Gasteiger partial charge in [0, 0.05) is 38.1 Å². The fourth-order valence-corrected chi connectivity index (χ4v) is 3.45. The Balaban J connectivity index is 0.00000364. The molecule has 1 aromatic rings. The van der Waals surface area contributed by atoms with Crippen LogP contribution < -0.4 is 15.4 Å². The van der Waals surface area contributed by atoms with Crippen molar-refractivity contribution < 1.29 is 4.74 Å². The van der Waals surface area contributed by atoms with E-state index in [4.69, 9.17) is 4.74 Å². The minimum absolute atomic E-state index is 0. The molecule has 1 saturated heterocycles. The van der Waals surface area contributed by atoms with Crippen molar-refractivity contribution in [3.8, 4) is 5.75 Å². The molecular weight excluding hydrogens is 451 g/mol. The van der Waals surface area contributed by atoms with Crippen LogP contribution in [0.5, 0.6) is 5.75 Å². The molecule has 0 aromatic heterocycles. The van der Waals surface area contributed by atoms with Gasteiger partial charge in [0.25, 0.3) is 0 Å². The van der Waals surface area contributed by atoms with E-state index in [0.29, 0.717) is 6.04 Å². The van der Waals surface area contributed by atoms with Crippen molar-refractivity contribution in [2.24, 2.45) is 4.99 Å². The maximum atomic E-state index is 5.26. The predicted octanol–water partition coefficient (Wildman–Crippen LogP) is 3.63. The van der Waals surface area contributed by atoms with E-state index in [1.807, 2.05) is 19.2 Å². The Morgan fingerprint density at radius 3 is 2.37 bits per heavy atom. The lowest BCUT2D eigenvalue weighted by Crippen LogP contribution is -2.50. The van der Waals surface area contributed by atoms with Crippen molar-refractivity contribution in [3.63, 3.8) is 0 Å². The van der Waals surface area contributed by atoms with Gasteiger partial charge in [0.1, 0.15) is 5.75 Å². The molecule has 0 bridgehead atoms. The summed E-state index contributed by atoms with van der Waals surface area (Å²) in [6.07, 6.45) is 3.60. The number of likely N-dealkylation sites (tertiary alicyclic amines) is 1. The standard InChI is InChI=1S/C21H36N4O.HI/c1-6-13-25-14-11-18(12-15-25)24-20(22-4)23-16-21(2,3)17-7-9-19(26-5)10-8-17;/h7-10,18H,6,11-16H2,1-5H3,(H2,22,23,24);1H. The molecule has 0 amide bonds. The van der Waals surface area contributed by atoms with E-state index in [0.717, 1.165) is 18.3 Å². The smallest absolute Gasteiger partial charge is 0.191 e. The number of piperidine rings is 1. The zero-order valence-electron chi connectivity index (χ0n) is 17.5. The zero-order chi connectivity index (χ0) is 19.0. The summed E-state index contributed by atoms with van der Waals surface area (Å²) in [7, 11) is 3.55. The molecule has 0 unspecified atom stereocenters. The summed E-state index contributed by atoms with van der Waals surface area (Å²) in [4.78, 5) is 6.98. The van der Waals surface area contributed by atoms with E-state index in [1.54, 1.807) is 7.11 Å². The van der Waals surface area contributed by atoms with Gasteiger partial charge in [-0.2, -0.15) is 0 Å². The van der Waals surface area contributed by atoms with Crippen LogP contribution in [0.4, 0.5) is 0 Å². The van der Waals surface area contributed by atoms with E-state index >= 15 is 0 Å². The third-order valence-electron chi connectivity index (χ3n) is 5.26. The third-order valence-corrected chi connectivity index (χ3v) is 5.26. The summed E-state index contributed by atoms with van der Waals surface area (Å²) in [5, 5.41) is 7.12. The molecule has 1 heterocycles. The first kappa shape index (κ1) is 24.0. The molecule has 1 aliphatic rings. The molecule has 5 nitrogen and oxygen atoms in total. The van der Waals surface area contributed by atoms with Gasteiger partial charge in [-0.15, -0.1) is 24.0 Å². The molecule has 0 aliphatic carbocycles. The minimum Gasteiger partial charge on any atom is -0.497 e. The van der Waals surface area contributed by atoms with Gasteiger partial charge in [0.05, 0.1) is 7.11 Å². The maximum Gasteiger partial charge on any atom is 0.191 e. The maximum absolute atomic E-state index is 5.26. The summed E-state index contributed by atoms with van der Waals surface area (Å²) in [5.74, 6) is 1.80. The van der Waals surface area contributed by atoms with Gasteiger partial charge in [-0.05, 0) is 43.5 Å². The number of nitrogens with one attached hydrogen (secondary N) is 2. The fourth-order valence-electron chi connectivity index (χ4n) is 3.45. The number of ether oxygens (including phenoxy) is 1. The number of hydrogen-bond donors (Lipinski definition) is 2. The highest BCUT2D eigenvalue weighted by molar-refractivity contribution is 14.0. The van der Waals surface area contributed by atoms with Gasteiger partial charge in [-0.1, -0.05) is 32.9 Å². The molecule has 1 fully saturated rings. The average Bonchev–Trinajstić information content (AvgIpc) is 2.66. The summed E-state index contributed by atoms with van der Waals surface area (Å²) < 4.78 is 5.26. The Kier molecular flexibility index (Phi) is 10.4. The molecule has 6 heteroatoms. The van der Waals surface area contributed by atoms with Crippen LogP contribution in [0.2, 0.25) is 0 Å². The van der Waals surface area contributed by atoms with Gasteiger partial charge < -0.3 is 20.3 Å². The Morgan fingerprint density at radius 2 is 1.85 bits per heavy atom. The van der Waals surface area contributed by atoms with Gasteiger partial charge in [-0.25, -0.2) is 0 Å². The normalized spacial score (nSPS) is 16.6. The van der Waals surface area contributed by atoms with E-state index < -0.39 is 0 Å². The number of nitrogens with zero attached hydrogens (tertiary/aromatic N) is 2. The van der Waals surface area contributed by atoms with Crippen molar-refractivity contribution in [3.05, 3.63) is 29.8 Å². The quantitative estimate of drug-likeness (QED) is 0.350. The van der Waals surface area contributed by atoms with Crippen LogP contribution in [0.15, 0.2) is 29.3 Å². The summed E-state index contributed by atoms with van der Waals surface area (Å²) in [6.45, 7) is 11.2. The lowest BCUT2D eigenvalue weighted by Gasteiger charge is -2.33. The van der Waals surface area contributed by atoms with Crippen LogP contribution in [0.1, 0.15) is 45.6 Å². The highest BCUT2D eigenvalue weighted by Gasteiger charge is 2.23. The van der Waals surface area contributed by atoms with Crippen molar-refractivity contribution >= 4 is 29.9 Å². The fraction of sp³-hybridized carbons (Fsp3) is 0.667. The van der Waals surface area contributed by atoms with Gasteiger partial charge in [0.2, 0.25) is 0 Å². The SMILES string of the molecule is CCCN1CCC(NC(=NC)NCC(C)(C)c2ccc(OC)cc2)CC1.I. The Hall–Kier alpha value is -1.02. The number of hydrogen-bond acceptors (Lipinski definition) is 3. The largest absolute Gasteiger partial charge is 0.497 e. The number of guanidine groups is 1. The van der Waals surface area contributed by atoms with E-state index in [-0.39, 0.29) is 29.4 Å². The molecule has 2 rings (SSSR count). The highest BCUT2D eigenvalue weighted by Crippen LogP contribution is 2.24. The van der Waals surface area contributed by atoms with Crippen LogP contribution in [-0.4, -0.2) is 57.2 Å². The molecule has 0 atom stereocenters. The number of aliphatic imine (C=N–C) groups is 1. The van der Waals surface area contributed by atoms with Crippen LogP contribution in [0.3, 0.4) is 0 Å². The molecule has 154 valence electrons. The molecule has 27 heavy (non-hydrogen) atoms. The lowest BCUT2D eigenvalue weighted by atomic mass is 9.84. The second-order valence-corrected chi connectivity index (χ2v) is 7.80. The van der Waals surface area contributed by atoms with Gasteiger partial charge in [0.15, 0.2) is 5.96 Å². The van der Waals surface area contributed by atoms with Gasteiger partial charge in [-0.3, -0.25) is 4.99 Å². The number of halogens is 1. The second kappa shape index (κ2) is 11.7. The first-order chi connectivity index (χ1) is 12.5. The molecule has 2 N–H and O–H groups in total. The monoisotopic (exact) mass is 488 g/mol. The molecule has 0 saturated carbocycles. The molecule has 0 spiro atoms. The molecule has 1 aromatic carbocycles. The van der Waals surface area contributed by atoms with Crippen molar-refractivity contribution in [1.82, 2.24) is 15.5 Å². The molecular formula is C21H37IN4O.